The van der Waals surface area contributed by atoms with Gasteiger partial charge in [-0.25, -0.2) is 0 Å². The Labute approximate surface area is 104 Å². The van der Waals surface area contributed by atoms with E-state index in [1.165, 1.54) is 12.1 Å². The van der Waals surface area contributed by atoms with Crippen molar-refractivity contribution in [2.24, 2.45) is 0 Å². The van der Waals surface area contributed by atoms with Crippen LogP contribution < -0.4 is 10.6 Å². The van der Waals surface area contributed by atoms with Crippen LogP contribution in [0, 0.1) is 10.1 Å². The Bertz CT molecular complexity index is 485. The average molecular weight is 253 g/mol. The Hall–Kier alpha value is -2.15. The van der Waals surface area contributed by atoms with Gasteiger partial charge in [0.2, 0.25) is 5.91 Å². The summed E-state index contributed by atoms with van der Waals surface area (Å²) in [7, 11) is 1.63. The third kappa shape index (κ3) is 2.95. The molecule has 0 aromatic heterocycles. The van der Waals surface area contributed by atoms with Crippen LogP contribution in [0.15, 0.2) is 18.2 Å². The minimum absolute atomic E-state index is 0.133. The standard InChI is InChI=1S/C11H15N3O4/c1-11(2,12-3)10(16)13-8-5-4-7(14(17)18)6-9(8)15/h4-6,12,15H,1-3H3,(H,13,16). The first-order valence-corrected chi connectivity index (χ1v) is 5.25. The van der Waals surface area contributed by atoms with E-state index < -0.39 is 10.5 Å². The molecule has 0 aliphatic rings. The number of likely N-dealkylation sites (N-methyl/N-ethyl adjacent to an activating group) is 1. The van der Waals surface area contributed by atoms with Crippen molar-refractivity contribution in [3.8, 4) is 5.75 Å². The molecule has 7 nitrogen and oxygen atoms in total. The summed E-state index contributed by atoms with van der Waals surface area (Å²) in [5.74, 6) is -0.696. The Kier molecular flexibility index (Phi) is 3.87. The minimum Gasteiger partial charge on any atom is -0.506 e. The fourth-order valence-corrected chi connectivity index (χ4v) is 1.13. The molecule has 1 aromatic carbocycles. The number of aromatic hydroxyl groups is 1. The molecule has 0 spiro atoms. The summed E-state index contributed by atoms with van der Waals surface area (Å²) in [6.45, 7) is 3.34. The van der Waals surface area contributed by atoms with E-state index >= 15 is 0 Å². The number of non-ortho nitro benzene ring substituents is 1. The highest BCUT2D eigenvalue weighted by Gasteiger charge is 2.26. The van der Waals surface area contributed by atoms with Crippen LogP contribution in [0.25, 0.3) is 0 Å². The number of nitrogens with zero attached hydrogens (tertiary/aromatic N) is 1. The molecule has 0 radical (unpaired) electrons. The highest BCUT2D eigenvalue weighted by Crippen LogP contribution is 2.28. The van der Waals surface area contributed by atoms with Gasteiger partial charge in [0.25, 0.3) is 5.69 Å². The lowest BCUT2D eigenvalue weighted by Gasteiger charge is -2.22. The third-order valence-corrected chi connectivity index (χ3v) is 2.63. The summed E-state index contributed by atoms with van der Waals surface area (Å²) in [4.78, 5) is 21.7. The number of anilines is 1. The first kappa shape index (κ1) is 13.9. The molecule has 0 heterocycles. The van der Waals surface area contributed by atoms with Crippen molar-refractivity contribution < 1.29 is 14.8 Å². The zero-order valence-corrected chi connectivity index (χ0v) is 10.4. The SMILES string of the molecule is CNC(C)(C)C(=O)Nc1ccc([N+](=O)[O-])cc1O. The number of carbonyl (C=O) groups is 1. The molecule has 1 rings (SSSR count). The van der Waals surface area contributed by atoms with Crippen LogP contribution >= 0.6 is 0 Å². The van der Waals surface area contributed by atoms with E-state index in [-0.39, 0.29) is 23.0 Å². The summed E-state index contributed by atoms with van der Waals surface area (Å²) >= 11 is 0. The van der Waals surface area contributed by atoms with Crippen LogP contribution in [0.1, 0.15) is 13.8 Å². The second-order valence-electron chi connectivity index (χ2n) is 4.29. The predicted octanol–water partition coefficient (Wildman–Crippen LogP) is 1.24. The van der Waals surface area contributed by atoms with Crippen LogP contribution in [0.4, 0.5) is 11.4 Å². The predicted molar refractivity (Wildman–Crippen MR) is 66.5 cm³/mol. The smallest absolute Gasteiger partial charge is 0.273 e. The minimum atomic E-state index is -0.811. The van der Waals surface area contributed by atoms with E-state index in [1.54, 1.807) is 20.9 Å². The molecule has 98 valence electrons. The van der Waals surface area contributed by atoms with Gasteiger partial charge in [0.15, 0.2) is 0 Å². The highest BCUT2D eigenvalue weighted by atomic mass is 16.6. The van der Waals surface area contributed by atoms with Gasteiger partial charge in [0.1, 0.15) is 5.75 Å². The van der Waals surface area contributed by atoms with Crippen molar-refractivity contribution in [3.05, 3.63) is 28.3 Å². The maximum atomic E-state index is 11.8. The normalized spacial score (nSPS) is 11.1. The van der Waals surface area contributed by atoms with Crippen molar-refractivity contribution >= 4 is 17.3 Å². The van der Waals surface area contributed by atoms with E-state index in [1.807, 2.05) is 0 Å². The molecule has 7 heteroatoms. The fraction of sp³-hybridized carbons (Fsp3) is 0.364. The van der Waals surface area contributed by atoms with Gasteiger partial charge in [-0.05, 0) is 27.0 Å². The van der Waals surface area contributed by atoms with E-state index in [2.05, 4.69) is 10.6 Å². The summed E-state index contributed by atoms with van der Waals surface area (Å²) < 4.78 is 0. The number of nitro benzene ring substituents is 1. The maximum absolute atomic E-state index is 11.8. The number of nitro groups is 1. The number of hydrogen-bond acceptors (Lipinski definition) is 5. The molecule has 1 amide bonds. The van der Waals surface area contributed by atoms with E-state index in [9.17, 15) is 20.0 Å². The monoisotopic (exact) mass is 253 g/mol. The number of phenols is 1. The Balaban J connectivity index is 2.93. The first-order chi connectivity index (χ1) is 8.27. The zero-order chi connectivity index (χ0) is 13.9. The number of hydrogen-bond donors (Lipinski definition) is 3. The van der Waals surface area contributed by atoms with Gasteiger partial charge in [-0.3, -0.25) is 14.9 Å². The van der Waals surface area contributed by atoms with Crippen LogP contribution in [0.5, 0.6) is 5.75 Å². The Morgan fingerprint density at radius 1 is 1.44 bits per heavy atom. The molecule has 0 unspecified atom stereocenters. The molecule has 0 bridgehead atoms. The molecule has 0 aliphatic carbocycles. The van der Waals surface area contributed by atoms with Gasteiger partial charge in [-0.15, -0.1) is 0 Å². The molecular formula is C11H15N3O4. The largest absolute Gasteiger partial charge is 0.506 e. The quantitative estimate of drug-likeness (QED) is 0.425. The highest BCUT2D eigenvalue weighted by molar-refractivity contribution is 5.98. The summed E-state index contributed by atoms with van der Waals surface area (Å²) in [6, 6.07) is 3.49. The molecule has 0 atom stereocenters. The maximum Gasteiger partial charge on any atom is 0.273 e. The van der Waals surface area contributed by atoms with Gasteiger partial charge in [0.05, 0.1) is 22.2 Å². The van der Waals surface area contributed by atoms with Gasteiger partial charge in [-0.1, -0.05) is 0 Å². The Morgan fingerprint density at radius 2 is 2.06 bits per heavy atom. The second-order valence-corrected chi connectivity index (χ2v) is 4.29. The van der Waals surface area contributed by atoms with Crippen molar-refractivity contribution in [1.82, 2.24) is 5.32 Å². The van der Waals surface area contributed by atoms with Gasteiger partial charge in [-0.2, -0.15) is 0 Å². The average Bonchev–Trinajstić information content (AvgIpc) is 2.31. The number of carbonyl (C=O) groups excluding carboxylic acids is 1. The molecule has 3 N–H and O–H groups in total. The lowest BCUT2D eigenvalue weighted by atomic mass is 10.1. The fourth-order valence-electron chi connectivity index (χ4n) is 1.13. The van der Waals surface area contributed by atoms with E-state index in [4.69, 9.17) is 0 Å². The summed E-state index contributed by atoms with van der Waals surface area (Å²) in [5, 5.41) is 25.4. The van der Waals surface area contributed by atoms with Crippen molar-refractivity contribution in [2.45, 2.75) is 19.4 Å². The van der Waals surface area contributed by atoms with Crippen LogP contribution in [0.3, 0.4) is 0 Å². The molecular weight excluding hydrogens is 238 g/mol. The second kappa shape index (κ2) is 5.01. The van der Waals surface area contributed by atoms with Gasteiger partial charge in [0, 0.05) is 6.07 Å². The van der Waals surface area contributed by atoms with E-state index in [0.29, 0.717) is 0 Å². The van der Waals surface area contributed by atoms with Gasteiger partial charge < -0.3 is 15.7 Å². The van der Waals surface area contributed by atoms with Crippen molar-refractivity contribution in [1.29, 1.82) is 0 Å². The molecule has 0 aliphatic heterocycles. The molecule has 0 fully saturated rings. The van der Waals surface area contributed by atoms with Crippen LogP contribution in [-0.4, -0.2) is 28.5 Å². The number of rotatable bonds is 4. The van der Waals surface area contributed by atoms with Gasteiger partial charge >= 0.3 is 0 Å². The number of benzene rings is 1. The molecule has 18 heavy (non-hydrogen) atoms. The lowest BCUT2D eigenvalue weighted by Crippen LogP contribution is -2.47. The number of nitrogens with one attached hydrogen (secondary N) is 2. The summed E-state index contributed by atoms with van der Waals surface area (Å²) in [6.07, 6.45) is 0. The third-order valence-electron chi connectivity index (χ3n) is 2.63. The topological polar surface area (TPSA) is 104 Å². The van der Waals surface area contributed by atoms with E-state index in [0.717, 1.165) is 6.07 Å². The molecule has 0 saturated carbocycles. The number of phenolic OH excluding ortho intramolecular Hbond substituents is 1. The molecule has 1 aromatic rings. The van der Waals surface area contributed by atoms with Crippen molar-refractivity contribution in [2.75, 3.05) is 12.4 Å². The van der Waals surface area contributed by atoms with Crippen molar-refractivity contribution in [3.63, 3.8) is 0 Å². The summed E-state index contributed by atoms with van der Waals surface area (Å²) in [5.41, 5.74) is -0.916. The number of amides is 1. The zero-order valence-electron chi connectivity index (χ0n) is 10.4. The molecule has 0 saturated heterocycles. The lowest BCUT2D eigenvalue weighted by molar-refractivity contribution is -0.384. The van der Waals surface area contributed by atoms with Crippen LogP contribution in [0.2, 0.25) is 0 Å². The van der Waals surface area contributed by atoms with Crippen LogP contribution in [-0.2, 0) is 4.79 Å². The first-order valence-electron chi connectivity index (χ1n) is 5.25. The Morgan fingerprint density at radius 3 is 2.50 bits per heavy atom.